The van der Waals surface area contributed by atoms with Crippen molar-refractivity contribution in [2.45, 2.75) is 31.8 Å². The van der Waals surface area contributed by atoms with Gasteiger partial charge < -0.3 is 0 Å². The topological polar surface area (TPSA) is 17.1 Å². The second-order valence-electron chi connectivity index (χ2n) is 5.18. The summed E-state index contributed by atoms with van der Waals surface area (Å²) in [6.45, 7) is 6.21. The molecule has 2 aromatic rings. The number of hydrogen-bond acceptors (Lipinski definition) is 2. The molecule has 2 heteroatoms. The van der Waals surface area contributed by atoms with E-state index in [2.05, 4.69) is 32.0 Å². The summed E-state index contributed by atoms with van der Waals surface area (Å²) in [6, 6.07) is 16.1. The Hall–Kier alpha value is -1.54. The van der Waals surface area contributed by atoms with Crippen LogP contribution >= 0.6 is 11.8 Å². The number of rotatable bonds is 5. The summed E-state index contributed by atoms with van der Waals surface area (Å²) < 4.78 is 0. The minimum absolute atomic E-state index is 0.0155. The highest BCUT2D eigenvalue weighted by molar-refractivity contribution is 7.99. The van der Waals surface area contributed by atoms with Crippen LogP contribution < -0.4 is 0 Å². The maximum Gasteiger partial charge on any atom is 0.175 e. The summed E-state index contributed by atoms with van der Waals surface area (Å²) in [7, 11) is 0. The lowest BCUT2D eigenvalue weighted by Crippen LogP contribution is -2.13. The molecule has 0 aliphatic heterocycles. The number of ketones is 1. The van der Waals surface area contributed by atoms with E-state index in [9.17, 15) is 4.79 Å². The van der Waals surface area contributed by atoms with Crippen LogP contribution in [0.5, 0.6) is 0 Å². The fourth-order valence-electron chi connectivity index (χ4n) is 2.29. The molecule has 0 fully saturated rings. The smallest absolute Gasteiger partial charge is 0.175 e. The molecule has 2 aromatic carbocycles. The summed E-state index contributed by atoms with van der Waals surface area (Å²) in [5.41, 5.74) is 4.65. The van der Waals surface area contributed by atoms with Gasteiger partial charge in [-0.1, -0.05) is 59.7 Å². The first kappa shape index (κ1) is 14.9. The second-order valence-corrected chi connectivity index (χ2v) is 6.51. The molecule has 20 heavy (non-hydrogen) atoms. The van der Waals surface area contributed by atoms with Crippen LogP contribution in [0.1, 0.15) is 34.0 Å². The molecular weight excluding hydrogens is 264 g/mol. The van der Waals surface area contributed by atoms with E-state index in [1.54, 1.807) is 11.8 Å². The van der Waals surface area contributed by atoms with Crippen LogP contribution in [0.4, 0.5) is 0 Å². The van der Waals surface area contributed by atoms with Crippen LogP contribution in [0.25, 0.3) is 0 Å². The highest BCUT2D eigenvalue weighted by Gasteiger charge is 2.15. The van der Waals surface area contributed by atoms with Gasteiger partial charge in [0, 0.05) is 11.3 Å². The molecule has 0 radical (unpaired) electrons. The van der Waals surface area contributed by atoms with Gasteiger partial charge in [0.1, 0.15) is 0 Å². The van der Waals surface area contributed by atoms with Crippen LogP contribution in [-0.4, -0.2) is 11.0 Å². The Labute approximate surface area is 125 Å². The van der Waals surface area contributed by atoms with Crippen molar-refractivity contribution < 1.29 is 4.79 Å². The van der Waals surface area contributed by atoms with Crippen molar-refractivity contribution in [2.75, 3.05) is 0 Å². The quantitative estimate of drug-likeness (QED) is 0.733. The number of aryl methyl sites for hydroxylation is 2. The fraction of sp³-hybridized carbons (Fsp3) is 0.278. The molecule has 0 saturated heterocycles. The molecule has 0 aromatic heterocycles. The lowest BCUT2D eigenvalue weighted by atomic mass is 10.1. The first-order chi connectivity index (χ1) is 9.56. The average molecular weight is 284 g/mol. The van der Waals surface area contributed by atoms with Gasteiger partial charge in [-0.2, -0.15) is 0 Å². The first-order valence-corrected chi connectivity index (χ1v) is 7.89. The molecule has 0 amide bonds. The van der Waals surface area contributed by atoms with E-state index in [1.807, 2.05) is 37.3 Å². The van der Waals surface area contributed by atoms with Gasteiger partial charge in [-0.3, -0.25) is 4.79 Å². The molecule has 0 aliphatic carbocycles. The highest BCUT2D eigenvalue weighted by Crippen LogP contribution is 2.22. The monoisotopic (exact) mass is 284 g/mol. The summed E-state index contributed by atoms with van der Waals surface area (Å²) in [5.74, 6) is 1.09. The van der Waals surface area contributed by atoms with Crippen molar-refractivity contribution in [3.8, 4) is 0 Å². The van der Waals surface area contributed by atoms with Crippen molar-refractivity contribution in [2.24, 2.45) is 0 Å². The molecule has 0 saturated carbocycles. The molecule has 2 rings (SSSR count). The molecule has 0 aliphatic rings. The molecule has 1 nitrogen and oxygen atoms in total. The predicted molar refractivity (Wildman–Crippen MR) is 87.4 cm³/mol. The van der Waals surface area contributed by atoms with Gasteiger partial charge in [-0.25, -0.2) is 0 Å². The van der Waals surface area contributed by atoms with Crippen molar-refractivity contribution in [3.63, 3.8) is 0 Å². The van der Waals surface area contributed by atoms with E-state index < -0.39 is 0 Å². The molecule has 0 spiro atoms. The minimum atomic E-state index is -0.0155. The fourth-order valence-corrected chi connectivity index (χ4v) is 3.18. The third kappa shape index (κ3) is 3.97. The van der Waals surface area contributed by atoms with Gasteiger partial charge in [0.25, 0.3) is 0 Å². The van der Waals surface area contributed by atoms with Gasteiger partial charge in [-0.15, -0.1) is 11.8 Å². The zero-order chi connectivity index (χ0) is 14.5. The number of Topliss-reactive ketones (excluding diaryl/α,β-unsaturated/α-hetero) is 1. The molecule has 0 N–H and O–H groups in total. The lowest BCUT2D eigenvalue weighted by molar-refractivity contribution is 0.0994. The number of carbonyl (C=O) groups excluding carboxylic acids is 1. The lowest BCUT2D eigenvalue weighted by Gasteiger charge is -2.11. The standard InChI is InChI=1S/C18H20OS/c1-13-9-14(2)11-16(10-13)12-20-15(3)18(19)17-7-5-4-6-8-17/h4-11,15H,12H2,1-3H3. The van der Waals surface area contributed by atoms with Crippen molar-refractivity contribution >= 4 is 17.5 Å². The normalized spacial score (nSPS) is 12.2. The van der Waals surface area contributed by atoms with Crippen LogP contribution in [0.3, 0.4) is 0 Å². The average Bonchev–Trinajstić information content (AvgIpc) is 2.44. The molecule has 0 heterocycles. The van der Waals surface area contributed by atoms with E-state index in [0.29, 0.717) is 0 Å². The van der Waals surface area contributed by atoms with Gasteiger partial charge in [0.05, 0.1) is 5.25 Å². The van der Waals surface area contributed by atoms with E-state index in [1.165, 1.54) is 16.7 Å². The van der Waals surface area contributed by atoms with Gasteiger partial charge >= 0.3 is 0 Å². The van der Waals surface area contributed by atoms with E-state index in [0.717, 1.165) is 11.3 Å². The number of carbonyl (C=O) groups is 1. The molecule has 1 atom stereocenters. The Balaban J connectivity index is 1.98. The Morgan fingerprint density at radius 3 is 2.25 bits per heavy atom. The van der Waals surface area contributed by atoms with Crippen LogP contribution in [0.15, 0.2) is 48.5 Å². The van der Waals surface area contributed by atoms with Gasteiger partial charge in [0.15, 0.2) is 5.78 Å². The summed E-state index contributed by atoms with van der Waals surface area (Å²) in [5, 5.41) is -0.0155. The van der Waals surface area contributed by atoms with E-state index in [4.69, 9.17) is 0 Å². The predicted octanol–water partition coefficient (Wildman–Crippen LogP) is 4.81. The number of hydrogen-bond donors (Lipinski definition) is 0. The third-order valence-corrected chi connectivity index (χ3v) is 4.42. The SMILES string of the molecule is Cc1cc(C)cc(CSC(C)C(=O)c2ccccc2)c1. The summed E-state index contributed by atoms with van der Waals surface area (Å²) in [4.78, 5) is 12.3. The van der Waals surface area contributed by atoms with Gasteiger partial charge in [-0.05, 0) is 26.3 Å². The highest BCUT2D eigenvalue weighted by atomic mass is 32.2. The Kier molecular flexibility index (Phi) is 5.02. The van der Waals surface area contributed by atoms with Crippen LogP contribution in [-0.2, 0) is 5.75 Å². The van der Waals surface area contributed by atoms with E-state index >= 15 is 0 Å². The first-order valence-electron chi connectivity index (χ1n) is 6.84. The second kappa shape index (κ2) is 6.76. The zero-order valence-electron chi connectivity index (χ0n) is 12.2. The summed E-state index contributed by atoms with van der Waals surface area (Å²) in [6.07, 6.45) is 0. The Bertz CT molecular complexity index is 569. The maximum absolute atomic E-state index is 12.3. The maximum atomic E-state index is 12.3. The molecule has 104 valence electrons. The van der Waals surface area contributed by atoms with Crippen LogP contribution in [0, 0.1) is 13.8 Å². The minimum Gasteiger partial charge on any atom is -0.293 e. The summed E-state index contributed by atoms with van der Waals surface area (Å²) >= 11 is 1.70. The molecule has 0 bridgehead atoms. The van der Waals surface area contributed by atoms with Crippen LogP contribution in [0.2, 0.25) is 0 Å². The van der Waals surface area contributed by atoms with Gasteiger partial charge in [0.2, 0.25) is 0 Å². The number of benzene rings is 2. The Morgan fingerprint density at radius 1 is 1.05 bits per heavy atom. The Morgan fingerprint density at radius 2 is 1.65 bits per heavy atom. The van der Waals surface area contributed by atoms with Crippen molar-refractivity contribution in [1.82, 2.24) is 0 Å². The zero-order valence-corrected chi connectivity index (χ0v) is 13.0. The number of thioether (sulfide) groups is 1. The van der Waals surface area contributed by atoms with Crippen molar-refractivity contribution in [1.29, 1.82) is 0 Å². The van der Waals surface area contributed by atoms with Crippen molar-refractivity contribution in [3.05, 3.63) is 70.8 Å². The largest absolute Gasteiger partial charge is 0.293 e. The molecule has 1 unspecified atom stereocenters. The molecular formula is C18H20OS. The third-order valence-electron chi connectivity index (χ3n) is 3.21. The van der Waals surface area contributed by atoms with E-state index in [-0.39, 0.29) is 11.0 Å².